The molecule has 0 atom stereocenters. The van der Waals surface area contributed by atoms with E-state index in [-0.39, 0.29) is 5.75 Å². The van der Waals surface area contributed by atoms with Gasteiger partial charge < -0.3 is 19.7 Å². The van der Waals surface area contributed by atoms with Crippen molar-refractivity contribution in [1.29, 1.82) is 0 Å². The molecule has 2 N–H and O–H groups in total. The molecular formula is C12H16O4. The van der Waals surface area contributed by atoms with E-state index >= 15 is 0 Å². The van der Waals surface area contributed by atoms with Crippen LogP contribution in [-0.4, -0.2) is 30.5 Å². The molecule has 1 fully saturated rings. The molecule has 0 unspecified atom stereocenters. The molecule has 1 aromatic carbocycles. The van der Waals surface area contributed by atoms with Crippen molar-refractivity contribution >= 4 is 0 Å². The second-order valence-electron chi connectivity index (χ2n) is 4.03. The van der Waals surface area contributed by atoms with Crippen LogP contribution in [0.25, 0.3) is 0 Å². The minimum Gasteiger partial charge on any atom is -0.507 e. The number of aromatic hydroxyl groups is 1. The zero-order valence-corrected chi connectivity index (χ0v) is 9.27. The molecule has 0 bridgehead atoms. The smallest absolute Gasteiger partial charge is 0.125 e. The van der Waals surface area contributed by atoms with Crippen molar-refractivity contribution in [2.45, 2.75) is 18.4 Å². The maximum atomic E-state index is 10.4. The molecule has 1 heterocycles. The van der Waals surface area contributed by atoms with Crippen molar-refractivity contribution in [3.8, 4) is 11.5 Å². The molecule has 0 amide bonds. The Hall–Kier alpha value is -1.26. The van der Waals surface area contributed by atoms with Gasteiger partial charge in [-0.25, -0.2) is 0 Å². The van der Waals surface area contributed by atoms with E-state index in [4.69, 9.17) is 9.47 Å². The molecule has 2 rings (SSSR count). The number of hydrogen-bond acceptors (Lipinski definition) is 4. The highest BCUT2D eigenvalue weighted by Crippen LogP contribution is 2.38. The van der Waals surface area contributed by atoms with Gasteiger partial charge in [-0.2, -0.15) is 0 Å². The van der Waals surface area contributed by atoms with Gasteiger partial charge in [-0.3, -0.25) is 0 Å². The highest BCUT2D eigenvalue weighted by Gasteiger charge is 2.34. The molecule has 0 saturated carbocycles. The van der Waals surface area contributed by atoms with Gasteiger partial charge in [0.1, 0.15) is 11.5 Å². The molecule has 1 aromatic rings. The second kappa shape index (κ2) is 4.31. The van der Waals surface area contributed by atoms with Crippen molar-refractivity contribution in [3.63, 3.8) is 0 Å². The van der Waals surface area contributed by atoms with Crippen LogP contribution in [0, 0.1) is 0 Å². The van der Waals surface area contributed by atoms with Gasteiger partial charge in [0.05, 0.1) is 12.7 Å². The fourth-order valence-electron chi connectivity index (χ4n) is 2.01. The zero-order chi connectivity index (χ0) is 11.6. The zero-order valence-electron chi connectivity index (χ0n) is 9.27. The van der Waals surface area contributed by atoms with Crippen LogP contribution < -0.4 is 4.74 Å². The molecule has 16 heavy (non-hydrogen) atoms. The molecule has 0 spiro atoms. The molecule has 1 aliphatic rings. The quantitative estimate of drug-likeness (QED) is 0.797. The molecule has 0 aromatic heterocycles. The Balaban J connectivity index is 2.32. The fourth-order valence-corrected chi connectivity index (χ4v) is 2.01. The van der Waals surface area contributed by atoms with E-state index in [1.165, 1.54) is 13.2 Å². The van der Waals surface area contributed by atoms with Crippen LogP contribution in [-0.2, 0) is 10.3 Å². The lowest BCUT2D eigenvalue weighted by atomic mass is 9.86. The predicted octanol–water partition coefficient (Wildman–Crippen LogP) is 1.40. The molecular weight excluding hydrogens is 208 g/mol. The van der Waals surface area contributed by atoms with Crippen LogP contribution in [0.2, 0.25) is 0 Å². The second-order valence-corrected chi connectivity index (χ2v) is 4.03. The standard InChI is InChI=1S/C12H16O4/c1-15-9-2-3-10(11(13)8-9)12(14)4-6-16-7-5-12/h2-3,8,13-14H,4-7H2,1H3. The Morgan fingerprint density at radius 1 is 1.31 bits per heavy atom. The summed E-state index contributed by atoms with van der Waals surface area (Å²) in [5.74, 6) is 0.653. The Morgan fingerprint density at radius 3 is 2.56 bits per heavy atom. The van der Waals surface area contributed by atoms with Crippen molar-refractivity contribution in [2.75, 3.05) is 20.3 Å². The monoisotopic (exact) mass is 224 g/mol. The SMILES string of the molecule is COc1ccc(C2(O)CCOCC2)c(O)c1. The van der Waals surface area contributed by atoms with E-state index in [0.29, 0.717) is 37.4 Å². The minimum atomic E-state index is -0.978. The maximum absolute atomic E-state index is 10.4. The van der Waals surface area contributed by atoms with Gasteiger partial charge in [0.25, 0.3) is 0 Å². The average molecular weight is 224 g/mol. The van der Waals surface area contributed by atoms with Gasteiger partial charge in [0.15, 0.2) is 0 Å². The van der Waals surface area contributed by atoms with E-state index < -0.39 is 5.60 Å². The van der Waals surface area contributed by atoms with Gasteiger partial charge in [-0.1, -0.05) is 0 Å². The number of rotatable bonds is 2. The molecule has 88 valence electrons. The van der Waals surface area contributed by atoms with Gasteiger partial charge >= 0.3 is 0 Å². The first-order valence-corrected chi connectivity index (χ1v) is 5.33. The van der Waals surface area contributed by atoms with Gasteiger partial charge in [-0.05, 0) is 12.1 Å². The number of phenolic OH excluding ortho intramolecular Hbond substituents is 1. The van der Waals surface area contributed by atoms with Crippen molar-refractivity contribution < 1.29 is 19.7 Å². The summed E-state index contributed by atoms with van der Waals surface area (Å²) in [6.07, 6.45) is 1.01. The molecule has 1 aliphatic heterocycles. The molecule has 4 nitrogen and oxygen atoms in total. The maximum Gasteiger partial charge on any atom is 0.125 e. The van der Waals surface area contributed by atoms with Crippen LogP contribution in [0.5, 0.6) is 11.5 Å². The van der Waals surface area contributed by atoms with Crippen molar-refractivity contribution in [3.05, 3.63) is 23.8 Å². The largest absolute Gasteiger partial charge is 0.507 e. The third kappa shape index (κ3) is 1.99. The summed E-state index contributed by atoms with van der Waals surface area (Å²) in [5.41, 5.74) is -0.425. The molecule has 0 aliphatic carbocycles. The normalized spacial score (nSPS) is 19.4. The predicted molar refractivity (Wildman–Crippen MR) is 58.6 cm³/mol. The lowest BCUT2D eigenvalue weighted by Gasteiger charge is -2.32. The number of benzene rings is 1. The summed E-state index contributed by atoms with van der Waals surface area (Å²) in [6, 6.07) is 4.96. The average Bonchev–Trinajstić information content (AvgIpc) is 2.29. The van der Waals surface area contributed by atoms with E-state index in [1.54, 1.807) is 12.1 Å². The van der Waals surface area contributed by atoms with Crippen molar-refractivity contribution in [1.82, 2.24) is 0 Å². The summed E-state index contributed by atoms with van der Waals surface area (Å²) in [7, 11) is 1.54. The first-order valence-electron chi connectivity index (χ1n) is 5.33. The molecule has 1 saturated heterocycles. The van der Waals surface area contributed by atoms with Gasteiger partial charge in [0, 0.05) is 37.7 Å². The first kappa shape index (κ1) is 11.2. The van der Waals surface area contributed by atoms with Crippen LogP contribution in [0.4, 0.5) is 0 Å². The summed E-state index contributed by atoms with van der Waals surface area (Å²) in [4.78, 5) is 0. The Kier molecular flexibility index (Phi) is 3.03. The lowest BCUT2D eigenvalue weighted by molar-refractivity contribution is -0.0689. The van der Waals surface area contributed by atoms with Crippen LogP contribution in [0.1, 0.15) is 18.4 Å². The summed E-state index contributed by atoms with van der Waals surface area (Å²) in [5, 5.41) is 20.3. The van der Waals surface area contributed by atoms with E-state index in [9.17, 15) is 10.2 Å². The Morgan fingerprint density at radius 2 is 2.00 bits per heavy atom. The molecule has 4 heteroatoms. The number of phenols is 1. The van der Waals surface area contributed by atoms with Crippen molar-refractivity contribution in [2.24, 2.45) is 0 Å². The lowest BCUT2D eigenvalue weighted by Crippen LogP contribution is -2.33. The minimum absolute atomic E-state index is 0.0729. The fraction of sp³-hybridized carbons (Fsp3) is 0.500. The number of aliphatic hydroxyl groups is 1. The summed E-state index contributed by atoms with van der Waals surface area (Å²) >= 11 is 0. The van der Waals surface area contributed by atoms with Crippen LogP contribution >= 0.6 is 0 Å². The van der Waals surface area contributed by atoms with Crippen LogP contribution in [0.3, 0.4) is 0 Å². The first-order chi connectivity index (χ1) is 7.65. The number of hydrogen-bond donors (Lipinski definition) is 2. The number of methoxy groups -OCH3 is 1. The topological polar surface area (TPSA) is 58.9 Å². The third-order valence-electron chi connectivity index (χ3n) is 3.03. The summed E-state index contributed by atoms with van der Waals surface area (Å²) in [6.45, 7) is 1.03. The Labute approximate surface area is 94.4 Å². The number of ether oxygens (including phenoxy) is 2. The Bertz CT molecular complexity index is 369. The van der Waals surface area contributed by atoms with Gasteiger partial charge in [-0.15, -0.1) is 0 Å². The van der Waals surface area contributed by atoms with E-state index in [2.05, 4.69) is 0 Å². The van der Waals surface area contributed by atoms with Gasteiger partial charge in [0.2, 0.25) is 0 Å². The molecule has 0 radical (unpaired) electrons. The van der Waals surface area contributed by atoms with E-state index in [1.807, 2.05) is 0 Å². The third-order valence-corrected chi connectivity index (χ3v) is 3.03. The highest BCUT2D eigenvalue weighted by molar-refractivity contribution is 5.43. The van der Waals surface area contributed by atoms with E-state index in [0.717, 1.165) is 0 Å². The highest BCUT2D eigenvalue weighted by atomic mass is 16.5. The van der Waals surface area contributed by atoms with Crippen LogP contribution in [0.15, 0.2) is 18.2 Å². The summed E-state index contributed by atoms with van der Waals surface area (Å²) < 4.78 is 10.2.